The van der Waals surface area contributed by atoms with Crippen LogP contribution in [0.2, 0.25) is 0 Å². The Morgan fingerprint density at radius 3 is 2.29 bits per heavy atom. The van der Waals surface area contributed by atoms with Gasteiger partial charge in [-0.05, 0) is 61.0 Å². The smallest absolute Gasteiger partial charge is 0.261 e. The number of hydrogen-bond donors (Lipinski definition) is 3. The lowest BCUT2D eigenvalue weighted by Gasteiger charge is -2.15. The van der Waals surface area contributed by atoms with Crippen LogP contribution in [0.25, 0.3) is 0 Å². The molecule has 3 aromatic carbocycles. The van der Waals surface area contributed by atoms with Gasteiger partial charge in [0, 0.05) is 29.9 Å². The first-order valence-corrected chi connectivity index (χ1v) is 12.5. The normalized spacial score (nSPS) is 13.4. The number of nitrogens with one attached hydrogen (secondary N) is 3. The molecule has 1 saturated heterocycles. The summed E-state index contributed by atoms with van der Waals surface area (Å²) in [6, 6.07) is 20.8. The molecule has 9 nitrogen and oxygen atoms in total. The zero-order valence-electron chi connectivity index (χ0n) is 18.7. The SMILES string of the molecule is O=C(CNC(=O)c1ccc(N2CCCC2=O)cc1)Nc1cccc(NS(=O)(=O)c2ccccc2)c1. The first-order valence-electron chi connectivity index (χ1n) is 11.0. The van der Waals surface area contributed by atoms with Crippen molar-refractivity contribution in [2.24, 2.45) is 0 Å². The van der Waals surface area contributed by atoms with E-state index in [1.54, 1.807) is 65.6 Å². The molecule has 0 radical (unpaired) electrons. The van der Waals surface area contributed by atoms with Crippen molar-refractivity contribution < 1.29 is 22.8 Å². The van der Waals surface area contributed by atoms with Gasteiger partial charge in [-0.25, -0.2) is 8.42 Å². The highest BCUT2D eigenvalue weighted by Crippen LogP contribution is 2.22. The van der Waals surface area contributed by atoms with E-state index in [-0.39, 0.29) is 23.0 Å². The molecule has 3 amide bonds. The monoisotopic (exact) mass is 492 g/mol. The van der Waals surface area contributed by atoms with Gasteiger partial charge in [0.2, 0.25) is 11.8 Å². The van der Waals surface area contributed by atoms with Crippen LogP contribution in [0.4, 0.5) is 17.1 Å². The molecule has 0 unspecified atom stereocenters. The van der Waals surface area contributed by atoms with E-state index in [0.29, 0.717) is 24.2 Å². The van der Waals surface area contributed by atoms with Gasteiger partial charge >= 0.3 is 0 Å². The predicted molar refractivity (Wildman–Crippen MR) is 133 cm³/mol. The highest BCUT2D eigenvalue weighted by atomic mass is 32.2. The van der Waals surface area contributed by atoms with Gasteiger partial charge in [-0.2, -0.15) is 0 Å². The largest absolute Gasteiger partial charge is 0.343 e. The van der Waals surface area contributed by atoms with Gasteiger partial charge in [0.05, 0.1) is 17.1 Å². The van der Waals surface area contributed by atoms with Gasteiger partial charge in [0.1, 0.15) is 0 Å². The molecule has 0 atom stereocenters. The van der Waals surface area contributed by atoms with Crippen molar-refractivity contribution in [3.63, 3.8) is 0 Å². The van der Waals surface area contributed by atoms with Gasteiger partial charge in [-0.3, -0.25) is 19.1 Å². The minimum absolute atomic E-state index is 0.0656. The minimum atomic E-state index is -3.76. The molecule has 1 aliphatic rings. The van der Waals surface area contributed by atoms with Gasteiger partial charge in [0.15, 0.2) is 0 Å². The number of hydrogen-bond acceptors (Lipinski definition) is 5. The van der Waals surface area contributed by atoms with E-state index in [1.165, 1.54) is 18.2 Å². The third-order valence-corrected chi connectivity index (χ3v) is 6.77. The summed E-state index contributed by atoms with van der Waals surface area (Å²) in [5.74, 6) is -0.833. The number of carbonyl (C=O) groups is 3. The Balaban J connectivity index is 1.31. The number of sulfonamides is 1. The predicted octanol–water partition coefficient (Wildman–Crippen LogP) is 2.98. The van der Waals surface area contributed by atoms with Crippen LogP contribution in [0.1, 0.15) is 23.2 Å². The second-order valence-corrected chi connectivity index (χ2v) is 9.61. The fourth-order valence-corrected chi connectivity index (χ4v) is 4.73. The maximum atomic E-state index is 12.5. The molecular weight excluding hydrogens is 468 g/mol. The molecule has 0 aromatic heterocycles. The van der Waals surface area contributed by atoms with Gasteiger partial charge < -0.3 is 15.5 Å². The maximum Gasteiger partial charge on any atom is 0.261 e. The highest BCUT2D eigenvalue weighted by molar-refractivity contribution is 7.92. The Hall–Kier alpha value is -4.18. The number of carbonyl (C=O) groups excluding carboxylic acids is 3. The average Bonchev–Trinajstić information content (AvgIpc) is 3.29. The molecule has 1 heterocycles. The van der Waals surface area contributed by atoms with Gasteiger partial charge in [0.25, 0.3) is 15.9 Å². The minimum Gasteiger partial charge on any atom is -0.343 e. The number of anilines is 3. The molecule has 4 rings (SSSR count). The van der Waals surface area contributed by atoms with Crippen molar-refractivity contribution >= 4 is 44.8 Å². The Bertz CT molecular complexity index is 1340. The first kappa shape index (κ1) is 24.0. The molecular formula is C25H24N4O5S. The second-order valence-electron chi connectivity index (χ2n) is 7.93. The summed E-state index contributed by atoms with van der Waals surface area (Å²) in [6.45, 7) is 0.393. The van der Waals surface area contributed by atoms with Crippen LogP contribution < -0.4 is 20.3 Å². The second kappa shape index (κ2) is 10.4. The third kappa shape index (κ3) is 6.04. The van der Waals surface area contributed by atoms with E-state index >= 15 is 0 Å². The lowest BCUT2D eigenvalue weighted by molar-refractivity contribution is -0.117. The molecule has 180 valence electrons. The number of benzene rings is 3. The fraction of sp³-hybridized carbons (Fsp3) is 0.160. The summed E-state index contributed by atoms with van der Waals surface area (Å²) in [5, 5.41) is 5.18. The van der Waals surface area contributed by atoms with Crippen LogP contribution in [-0.2, 0) is 19.6 Å². The first-order chi connectivity index (χ1) is 16.8. The van der Waals surface area contributed by atoms with Crippen molar-refractivity contribution in [1.82, 2.24) is 5.32 Å². The molecule has 0 aliphatic carbocycles. The third-order valence-electron chi connectivity index (χ3n) is 5.38. The molecule has 3 aromatic rings. The molecule has 1 aliphatic heterocycles. The Labute approximate surface area is 203 Å². The number of amides is 3. The van der Waals surface area contributed by atoms with E-state index in [4.69, 9.17) is 0 Å². The zero-order valence-corrected chi connectivity index (χ0v) is 19.5. The van der Waals surface area contributed by atoms with Gasteiger partial charge in [-0.15, -0.1) is 0 Å². The molecule has 3 N–H and O–H groups in total. The number of rotatable bonds is 8. The quantitative estimate of drug-likeness (QED) is 0.446. The van der Waals surface area contributed by atoms with Crippen molar-refractivity contribution in [3.05, 3.63) is 84.4 Å². The van der Waals surface area contributed by atoms with Crippen molar-refractivity contribution in [3.8, 4) is 0 Å². The topological polar surface area (TPSA) is 125 Å². The van der Waals surface area contributed by atoms with Crippen molar-refractivity contribution in [2.45, 2.75) is 17.7 Å². The maximum absolute atomic E-state index is 12.5. The summed E-state index contributed by atoms with van der Waals surface area (Å²) in [4.78, 5) is 38.4. The van der Waals surface area contributed by atoms with Crippen LogP contribution >= 0.6 is 0 Å². The van der Waals surface area contributed by atoms with E-state index in [1.807, 2.05) is 0 Å². The fourth-order valence-electron chi connectivity index (χ4n) is 3.66. The molecule has 35 heavy (non-hydrogen) atoms. The molecule has 0 saturated carbocycles. The van der Waals surface area contributed by atoms with Crippen LogP contribution in [0.15, 0.2) is 83.8 Å². The summed E-state index contributed by atoms with van der Waals surface area (Å²) in [5.41, 5.74) is 1.76. The van der Waals surface area contributed by atoms with E-state index in [9.17, 15) is 22.8 Å². The average molecular weight is 493 g/mol. The highest BCUT2D eigenvalue weighted by Gasteiger charge is 2.21. The lowest BCUT2D eigenvalue weighted by Crippen LogP contribution is -2.33. The number of nitrogens with zero attached hydrogens (tertiary/aromatic N) is 1. The summed E-state index contributed by atoms with van der Waals surface area (Å²) in [7, 11) is -3.76. The summed E-state index contributed by atoms with van der Waals surface area (Å²) >= 11 is 0. The molecule has 10 heteroatoms. The lowest BCUT2D eigenvalue weighted by atomic mass is 10.2. The molecule has 0 spiro atoms. The van der Waals surface area contributed by atoms with Crippen LogP contribution in [-0.4, -0.2) is 39.2 Å². The van der Waals surface area contributed by atoms with Crippen molar-refractivity contribution in [2.75, 3.05) is 28.0 Å². The van der Waals surface area contributed by atoms with Crippen LogP contribution in [0.3, 0.4) is 0 Å². The van der Waals surface area contributed by atoms with E-state index in [2.05, 4.69) is 15.4 Å². The van der Waals surface area contributed by atoms with Crippen molar-refractivity contribution in [1.29, 1.82) is 0 Å². The standard InChI is InChI=1S/C25H24N4O5S/c30-23(17-26-25(32)18-11-13-21(14-12-18)29-15-5-10-24(29)31)27-19-6-4-7-20(16-19)28-35(33,34)22-8-2-1-3-9-22/h1-4,6-9,11-14,16,28H,5,10,15,17H2,(H,26,32)(H,27,30). The Morgan fingerprint density at radius 2 is 1.60 bits per heavy atom. The van der Waals surface area contributed by atoms with Gasteiger partial charge in [-0.1, -0.05) is 24.3 Å². The summed E-state index contributed by atoms with van der Waals surface area (Å²) < 4.78 is 27.5. The zero-order chi connectivity index (χ0) is 24.8. The van der Waals surface area contributed by atoms with E-state index in [0.717, 1.165) is 12.1 Å². The Morgan fingerprint density at radius 1 is 0.886 bits per heavy atom. The molecule has 1 fully saturated rings. The Kier molecular flexibility index (Phi) is 7.11. The van der Waals surface area contributed by atoms with Crippen LogP contribution in [0, 0.1) is 0 Å². The molecule has 0 bridgehead atoms. The summed E-state index contributed by atoms with van der Waals surface area (Å²) in [6.07, 6.45) is 1.34. The van der Waals surface area contributed by atoms with E-state index < -0.39 is 21.8 Å². The van der Waals surface area contributed by atoms with Crippen LogP contribution in [0.5, 0.6) is 0 Å².